The molecule has 0 bridgehead atoms. The van der Waals surface area contributed by atoms with Crippen LogP contribution in [0.5, 0.6) is 5.75 Å². The lowest BCUT2D eigenvalue weighted by Crippen LogP contribution is -2.29. The van der Waals surface area contributed by atoms with E-state index in [9.17, 15) is 0 Å². The highest BCUT2D eigenvalue weighted by Gasteiger charge is 2.19. The zero-order valence-corrected chi connectivity index (χ0v) is 11.0. The molecule has 5 heteroatoms. The molecule has 18 heavy (non-hydrogen) atoms. The molecule has 2 aromatic rings. The van der Waals surface area contributed by atoms with Gasteiger partial charge in [-0.1, -0.05) is 6.07 Å². The van der Waals surface area contributed by atoms with Gasteiger partial charge in [0.05, 0.1) is 23.4 Å². The molecule has 0 fully saturated rings. The molecule has 0 saturated heterocycles. The van der Waals surface area contributed by atoms with Gasteiger partial charge in [-0.05, 0) is 30.2 Å². The van der Waals surface area contributed by atoms with Crippen LogP contribution in [0.2, 0.25) is 0 Å². The van der Waals surface area contributed by atoms with Crippen LogP contribution < -0.4 is 16.0 Å². The summed E-state index contributed by atoms with van der Waals surface area (Å²) in [7, 11) is 0. The predicted octanol–water partition coefficient (Wildman–Crippen LogP) is 1.94. The number of ether oxygens (including phenoxy) is 1. The second-order valence-corrected chi connectivity index (χ2v) is 5.42. The Balaban J connectivity index is 1.96. The number of thiazole rings is 1. The maximum atomic E-state index is 5.67. The van der Waals surface area contributed by atoms with Crippen molar-refractivity contribution in [3.8, 4) is 5.75 Å². The van der Waals surface area contributed by atoms with E-state index in [4.69, 9.17) is 10.6 Å². The summed E-state index contributed by atoms with van der Waals surface area (Å²) in [6.45, 7) is 2.77. The number of fused-ring (bicyclic) bond motifs is 1. The van der Waals surface area contributed by atoms with Crippen molar-refractivity contribution < 1.29 is 4.74 Å². The van der Waals surface area contributed by atoms with Gasteiger partial charge in [0.1, 0.15) is 5.75 Å². The van der Waals surface area contributed by atoms with Gasteiger partial charge in [-0.2, -0.15) is 0 Å². The minimum absolute atomic E-state index is 0.0548. The third-order valence-corrected chi connectivity index (χ3v) is 3.94. The fourth-order valence-electron chi connectivity index (χ4n) is 2.25. The molecule has 2 heterocycles. The first kappa shape index (κ1) is 11.6. The predicted molar refractivity (Wildman–Crippen MR) is 71.7 cm³/mol. The summed E-state index contributed by atoms with van der Waals surface area (Å²) in [4.78, 5) is 4.50. The van der Waals surface area contributed by atoms with E-state index in [1.54, 1.807) is 11.3 Å². The molecule has 94 valence electrons. The molecular formula is C13H15N3OS. The van der Waals surface area contributed by atoms with Gasteiger partial charge < -0.3 is 4.74 Å². The summed E-state index contributed by atoms with van der Waals surface area (Å²) >= 11 is 1.64. The number of rotatable bonds is 3. The number of aromatic nitrogens is 1. The number of aryl methyl sites for hydroxylation is 1. The van der Waals surface area contributed by atoms with E-state index in [-0.39, 0.29) is 6.04 Å². The highest BCUT2D eigenvalue weighted by molar-refractivity contribution is 7.09. The summed E-state index contributed by atoms with van der Waals surface area (Å²) in [6.07, 6.45) is 0.969. The van der Waals surface area contributed by atoms with Crippen LogP contribution in [0.4, 0.5) is 0 Å². The quantitative estimate of drug-likeness (QED) is 0.655. The molecule has 1 aliphatic rings. The first-order chi connectivity index (χ1) is 8.78. The Morgan fingerprint density at radius 2 is 2.39 bits per heavy atom. The number of nitrogens with zero attached hydrogens (tertiary/aromatic N) is 1. The lowest BCUT2D eigenvalue weighted by molar-refractivity contribution is 0.357. The smallest absolute Gasteiger partial charge is 0.122 e. The Morgan fingerprint density at radius 1 is 1.50 bits per heavy atom. The van der Waals surface area contributed by atoms with Crippen LogP contribution in [-0.4, -0.2) is 11.6 Å². The Kier molecular flexibility index (Phi) is 3.03. The van der Waals surface area contributed by atoms with E-state index in [0.717, 1.165) is 35.0 Å². The molecule has 0 amide bonds. The number of hydrazine groups is 1. The average molecular weight is 261 g/mol. The summed E-state index contributed by atoms with van der Waals surface area (Å²) in [5.74, 6) is 6.66. The van der Waals surface area contributed by atoms with Crippen LogP contribution in [0.25, 0.3) is 0 Å². The van der Waals surface area contributed by atoms with Gasteiger partial charge in [0.15, 0.2) is 0 Å². The Morgan fingerprint density at radius 3 is 3.11 bits per heavy atom. The third kappa shape index (κ3) is 2.01. The summed E-state index contributed by atoms with van der Waals surface area (Å²) in [5.41, 5.74) is 6.19. The van der Waals surface area contributed by atoms with Crippen molar-refractivity contribution in [2.75, 3.05) is 6.61 Å². The van der Waals surface area contributed by atoms with Gasteiger partial charge in [0, 0.05) is 11.8 Å². The minimum atomic E-state index is -0.0548. The monoisotopic (exact) mass is 261 g/mol. The van der Waals surface area contributed by atoms with E-state index in [1.165, 1.54) is 5.56 Å². The van der Waals surface area contributed by atoms with Gasteiger partial charge in [-0.3, -0.25) is 5.84 Å². The summed E-state index contributed by atoms with van der Waals surface area (Å²) < 4.78 is 5.51. The lowest BCUT2D eigenvalue weighted by atomic mass is 10.0. The van der Waals surface area contributed by atoms with E-state index in [1.807, 2.05) is 24.4 Å². The van der Waals surface area contributed by atoms with Gasteiger partial charge in [-0.15, -0.1) is 11.3 Å². The van der Waals surface area contributed by atoms with Crippen molar-refractivity contribution >= 4 is 11.3 Å². The number of hydrogen-bond donors (Lipinski definition) is 2. The standard InChI is InChI=1S/C13H15N3OS/c1-8-15-11(7-18-8)13(16-14)10-2-3-12-9(6-10)4-5-17-12/h2-3,6-7,13,16H,4-5,14H2,1H3. The number of benzene rings is 1. The molecule has 3 N–H and O–H groups in total. The molecule has 0 saturated carbocycles. The van der Waals surface area contributed by atoms with Crippen LogP contribution in [0.3, 0.4) is 0 Å². The summed E-state index contributed by atoms with van der Waals surface area (Å²) in [5, 5.41) is 3.10. The van der Waals surface area contributed by atoms with Crippen molar-refractivity contribution in [3.63, 3.8) is 0 Å². The fraction of sp³-hybridized carbons (Fsp3) is 0.308. The molecule has 1 atom stereocenters. The highest BCUT2D eigenvalue weighted by atomic mass is 32.1. The maximum Gasteiger partial charge on any atom is 0.122 e. The first-order valence-electron chi connectivity index (χ1n) is 5.91. The van der Waals surface area contributed by atoms with Crippen LogP contribution in [0.15, 0.2) is 23.6 Å². The van der Waals surface area contributed by atoms with Gasteiger partial charge in [0.25, 0.3) is 0 Å². The SMILES string of the molecule is Cc1nc(C(NN)c2ccc3c(c2)CCO3)cs1. The fourth-order valence-corrected chi connectivity index (χ4v) is 2.89. The van der Waals surface area contributed by atoms with Crippen LogP contribution in [-0.2, 0) is 6.42 Å². The number of nitrogens with one attached hydrogen (secondary N) is 1. The van der Waals surface area contributed by atoms with E-state index in [0.29, 0.717) is 0 Å². The van der Waals surface area contributed by atoms with Crippen molar-refractivity contribution in [3.05, 3.63) is 45.4 Å². The topological polar surface area (TPSA) is 60.2 Å². The second kappa shape index (κ2) is 4.68. The second-order valence-electron chi connectivity index (χ2n) is 4.36. The molecule has 4 nitrogen and oxygen atoms in total. The van der Waals surface area contributed by atoms with Gasteiger partial charge in [0.2, 0.25) is 0 Å². The zero-order valence-electron chi connectivity index (χ0n) is 10.1. The molecule has 0 radical (unpaired) electrons. The van der Waals surface area contributed by atoms with Crippen LogP contribution in [0.1, 0.15) is 27.9 Å². The molecule has 0 spiro atoms. The Bertz CT molecular complexity index is 567. The molecular weight excluding hydrogens is 246 g/mol. The number of nitrogens with two attached hydrogens (primary N) is 1. The molecule has 0 aliphatic carbocycles. The largest absolute Gasteiger partial charge is 0.493 e. The van der Waals surface area contributed by atoms with E-state index >= 15 is 0 Å². The Hall–Kier alpha value is -1.43. The maximum absolute atomic E-state index is 5.67. The van der Waals surface area contributed by atoms with Gasteiger partial charge >= 0.3 is 0 Å². The number of hydrogen-bond acceptors (Lipinski definition) is 5. The highest BCUT2D eigenvalue weighted by Crippen LogP contribution is 2.30. The minimum Gasteiger partial charge on any atom is -0.493 e. The summed E-state index contributed by atoms with van der Waals surface area (Å²) in [6, 6.07) is 6.16. The average Bonchev–Trinajstić information content (AvgIpc) is 2.99. The van der Waals surface area contributed by atoms with Crippen LogP contribution in [0, 0.1) is 6.92 Å². The van der Waals surface area contributed by atoms with Crippen LogP contribution >= 0.6 is 11.3 Å². The normalized spacial score (nSPS) is 15.2. The molecule has 3 rings (SSSR count). The van der Waals surface area contributed by atoms with E-state index < -0.39 is 0 Å². The van der Waals surface area contributed by atoms with Crippen molar-refractivity contribution in [2.45, 2.75) is 19.4 Å². The third-order valence-electron chi connectivity index (χ3n) is 3.15. The lowest BCUT2D eigenvalue weighted by Gasteiger charge is -2.15. The first-order valence-corrected chi connectivity index (χ1v) is 6.79. The zero-order chi connectivity index (χ0) is 12.5. The molecule has 1 aliphatic heterocycles. The van der Waals surface area contributed by atoms with Crippen molar-refractivity contribution in [1.82, 2.24) is 10.4 Å². The van der Waals surface area contributed by atoms with E-state index in [2.05, 4.69) is 16.5 Å². The van der Waals surface area contributed by atoms with Gasteiger partial charge in [-0.25, -0.2) is 10.4 Å². The Labute approximate surface area is 110 Å². The molecule has 1 aromatic carbocycles. The van der Waals surface area contributed by atoms with Crippen molar-refractivity contribution in [1.29, 1.82) is 0 Å². The molecule has 1 aromatic heterocycles. The van der Waals surface area contributed by atoms with Crippen molar-refractivity contribution in [2.24, 2.45) is 5.84 Å². The molecule has 1 unspecified atom stereocenters.